The highest BCUT2D eigenvalue weighted by Gasteiger charge is 2.22. The van der Waals surface area contributed by atoms with Crippen LogP contribution in [0.2, 0.25) is 0 Å². The molecule has 0 N–H and O–H groups in total. The molecule has 0 aliphatic heterocycles. The van der Waals surface area contributed by atoms with E-state index in [0.717, 1.165) is 18.6 Å². The maximum Gasteiger partial charge on any atom is 0.260 e. The first-order chi connectivity index (χ1) is 9.70. The van der Waals surface area contributed by atoms with Crippen molar-refractivity contribution in [3.63, 3.8) is 0 Å². The number of nitrogens with zero attached hydrogens (tertiary/aromatic N) is 1. The van der Waals surface area contributed by atoms with Gasteiger partial charge in [0.25, 0.3) is 5.91 Å². The number of rotatable bonds is 5. The van der Waals surface area contributed by atoms with Crippen LogP contribution in [0.5, 0.6) is 11.5 Å². The van der Waals surface area contributed by atoms with Crippen molar-refractivity contribution in [2.75, 3.05) is 20.8 Å². The van der Waals surface area contributed by atoms with Crippen molar-refractivity contribution < 1.29 is 14.3 Å². The van der Waals surface area contributed by atoms with Crippen molar-refractivity contribution in [2.45, 2.75) is 38.1 Å². The van der Waals surface area contributed by atoms with Crippen LogP contribution < -0.4 is 9.47 Å². The molecule has 110 valence electrons. The van der Waals surface area contributed by atoms with Gasteiger partial charge in [0.2, 0.25) is 0 Å². The molecule has 4 heteroatoms. The van der Waals surface area contributed by atoms with E-state index in [9.17, 15) is 4.79 Å². The average Bonchev–Trinajstić information content (AvgIpc) is 2.53. The minimum Gasteiger partial charge on any atom is -0.497 e. The highest BCUT2D eigenvalue weighted by atomic mass is 16.5. The van der Waals surface area contributed by atoms with Crippen LogP contribution in [0.4, 0.5) is 0 Å². The van der Waals surface area contributed by atoms with E-state index in [1.807, 2.05) is 30.1 Å². The Hall–Kier alpha value is -1.71. The monoisotopic (exact) mass is 277 g/mol. The topological polar surface area (TPSA) is 38.8 Å². The van der Waals surface area contributed by atoms with Gasteiger partial charge in [-0.3, -0.25) is 4.79 Å². The van der Waals surface area contributed by atoms with E-state index in [1.54, 1.807) is 13.2 Å². The van der Waals surface area contributed by atoms with Crippen LogP contribution in [0.25, 0.3) is 0 Å². The normalized spacial score (nSPS) is 15.7. The zero-order valence-corrected chi connectivity index (χ0v) is 12.3. The number of carbonyl (C=O) groups excluding carboxylic acids is 1. The van der Waals surface area contributed by atoms with Gasteiger partial charge in [-0.15, -0.1) is 0 Å². The molecule has 0 bridgehead atoms. The number of methoxy groups -OCH3 is 1. The zero-order chi connectivity index (χ0) is 14.4. The Morgan fingerprint density at radius 3 is 2.65 bits per heavy atom. The molecule has 0 radical (unpaired) electrons. The van der Waals surface area contributed by atoms with Gasteiger partial charge in [-0.25, -0.2) is 0 Å². The fourth-order valence-electron chi connectivity index (χ4n) is 2.61. The van der Waals surface area contributed by atoms with Gasteiger partial charge >= 0.3 is 0 Å². The molecule has 20 heavy (non-hydrogen) atoms. The molecule has 1 amide bonds. The fraction of sp³-hybridized carbons (Fsp3) is 0.562. The summed E-state index contributed by atoms with van der Waals surface area (Å²) in [4.78, 5) is 14.0. The summed E-state index contributed by atoms with van der Waals surface area (Å²) < 4.78 is 10.7. The van der Waals surface area contributed by atoms with Crippen LogP contribution >= 0.6 is 0 Å². The molecule has 0 heterocycles. The molecule has 4 nitrogen and oxygen atoms in total. The van der Waals surface area contributed by atoms with Crippen molar-refractivity contribution in [1.82, 2.24) is 4.90 Å². The molecule has 1 saturated carbocycles. The van der Waals surface area contributed by atoms with Gasteiger partial charge in [0.15, 0.2) is 6.61 Å². The van der Waals surface area contributed by atoms with Crippen molar-refractivity contribution in [2.24, 2.45) is 0 Å². The maximum absolute atomic E-state index is 12.1. The van der Waals surface area contributed by atoms with E-state index in [1.165, 1.54) is 19.3 Å². The lowest BCUT2D eigenvalue weighted by Gasteiger charge is -2.31. The first-order valence-electron chi connectivity index (χ1n) is 7.23. The Kier molecular flexibility index (Phi) is 5.27. The second-order valence-electron chi connectivity index (χ2n) is 5.26. The third-order valence-electron chi connectivity index (χ3n) is 3.92. The predicted octanol–water partition coefficient (Wildman–Crippen LogP) is 2.87. The highest BCUT2D eigenvalue weighted by Crippen LogP contribution is 2.22. The van der Waals surface area contributed by atoms with Crippen molar-refractivity contribution in [1.29, 1.82) is 0 Å². The smallest absolute Gasteiger partial charge is 0.260 e. The Labute approximate surface area is 120 Å². The van der Waals surface area contributed by atoms with Crippen LogP contribution in [0.1, 0.15) is 32.1 Å². The van der Waals surface area contributed by atoms with Crippen LogP contribution in [0.15, 0.2) is 24.3 Å². The predicted molar refractivity (Wildman–Crippen MR) is 78.1 cm³/mol. The third-order valence-corrected chi connectivity index (χ3v) is 3.92. The summed E-state index contributed by atoms with van der Waals surface area (Å²) in [6, 6.07) is 7.70. The number of amides is 1. The Morgan fingerprint density at radius 1 is 1.25 bits per heavy atom. The molecule has 1 aromatic rings. The van der Waals surface area contributed by atoms with Gasteiger partial charge in [-0.2, -0.15) is 0 Å². The number of ether oxygens (including phenoxy) is 2. The minimum atomic E-state index is 0.0414. The molecule has 1 fully saturated rings. The van der Waals surface area contributed by atoms with Crippen molar-refractivity contribution in [3.8, 4) is 11.5 Å². The molecule has 0 atom stereocenters. The lowest BCUT2D eigenvalue weighted by atomic mass is 9.94. The van der Waals surface area contributed by atoms with Crippen LogP contribution in [0, 0.1) is 0 Å². The summed E-state index contributed by atoms with van der Waals surface area (Å²) >= 11 is 0. The first kappa shape index (κ1) is 14.7. The van der Waals surface area contributed by atoms with E-state index >= 15 is 0 Å². The molecular formula is C16H23NO3. The molecule has 2 rings (SSSR count). The molecule has 1 aliphatic carbocycles. The van der Waals surface area contributed by atoms with E-state index in [2.05, 4.69) is 0 Å². The van der Waals surface area contributed by atoms with Crippen molar-refractivity contribution >= 4 is 5.91 Å². The second-order valence-corrected chi connectivity index (χ2v) is 5.26. The standard InChI is InChI=1S/C16H23NO3/c1-17(13-7-4-3-5-8-13)16(18)12-20-15-10-6-9-14(11-15)19-2/h6,9-11,13H,3-5,7-8,12H2,1-2H3. The quantitative estimate of drug-likeness (QED) is 0.830. The molecule has 1 aromatic carbocycles. The SMILES string of the molecule is COc1cccc(OCC(=O)N(C)C2CCCCC2)c1. The van der Waals surface area contributed by atoms with Crippen molar-refractivity contribution in [3.05, 3.63) is 24.3 Å². The second kappa shape index (κ2) is 7.17. The fourth-order valence-corrected chi connectivity index (χ4v) is 2.61. The van der Waals surface area contributed by atoms with Crippen LogP contribution in [-0.4, -0.2) is 37.6 Å². The zero-order valence-electron chi connectivity index (χ0n) is 12.3. The Bertz CT molecular complexity index is 441. The van der Waals surface area contributed by atoms with E-state index in [0.29, 0.717) is 11.8 Å². The summed E-state index contributed by atoms with van der Waals surface area (Å²) in [5.41, 5.74) is 0. The summed E-state index contributed by atoms with van der Waals surface area (Å²) in [5.74, 6) is 1.44. The maximum atomic E-state index is 12.1. The summed E-state index contributed by atoms with van der Waals surface area (Å²) in [5, 5.41) is 0. The van der Waals surface area contributed by atoms with Gasteiger partial charge < -0.3 is 14.4 Å². The number of hydrogen-bond donors (Lipinski definition) is 0. The van der Waals surface area contributed by atoms with Gasteiger partial charge in [0.1, 0.15) is 11.5 Å². The lowest BCUT2D eigenvalue weighted by Crippen LogP contribution is -2.40. The third kappa shape index (κ3) is 3.89. The van der Waals surface area contributed by atoms with Gasteiger partial charge in [0.05, 0.1) is 7.11 Å². The van der Waals surface area contributed by atoms with Crippen LogP contribution in [-0.2, 0) is 4.79 Å². The Balaban J connectivity index is 1.84. The molecule has 0 aromatic heterocycles. The minimum absolute atomic E-state index is 0.0414. The summed E-state index contributed by atoms with van der Waals surface area (Å²) in [7, 11) is 3.49. The average molecular weight is 277 g/mol. The van der Waals surface area contributed by atoms with Gasteiger partial charge in [-0.05, 0) is 25.0 Å². The number of carbonyl (C=O) groups is 1. The largest absolute Gasteiger partial charge is 0.497 e. The molecule has 0 spiro atoms. The molecule has 0 unspecified atom stereocenters. The first-order valence-corrected chi connectivity index (χ1v) is 7.23. The number of likely N-dealkylation sites (N-methyl/N-ethyl adjacent to an activating group) is 1. The van der Waals surface area contributed by atoms with Crippen LogP contribution in [0.3, 0.4) is 0 Å². The van der Waals surface area contributed by atoms with E-state index in [4.69, 9.17) is 9.47 Å². The molecule has 0 saturated heterocycles. The summed E-state index contributed by atoms with van der Waals surface area (Å²) in [6.45, 7) is 0.0835. The number of hydrogen-bond acceptors (Lipinski definition) is 3. The lowest BCUT2D eigenvalue weighted by molar-refractivity contribution is -0.134. The van der Waals surface area contributed by atoms with E-state index in [-0.39, 0.29) is 12.5 Å². The van der Waals surface area contributed by atoms with Gasteiger partial charge in [-0.1, -0.05) is 25.3 Å². The molecular weight excluding hydrogens is 254 g/mol. The highest BCUT2D eigenvalue weighted by molar-refractivity contribution is 5.77. The summed E-state index contributed by atoms with van der Waals surface area (Å²) in [6.07, 6.45) is 5.96. The number of benzene rings is 1. The Morgan fingerprint density at radius 2 is 1.95 bits per heavy atom. The van der Waals surface area contributed by atoms with E-state index < -0.39 is 0 Å². The molecule has 1 aliphatic rings. The van der Waals surface area contributed by atoms with Gasteiger partial charge in [0, 0.05) is 19.2 Å².